The molecule has 0 aliphatic carbocycles. The number of amides is 1. The molecule has 0 spiro atoms. The Morgan fingerprint density at radius 3 is 2.45 bits per heavy atom. The number of carbonyl (C=O) groups excluding carboxylic acids is 3. The van der Waals surface area contributed by atoms with E-state index in [4.69, 9.17) is 0 Å². The first-order valence-corrected chi connectivity index (χ1v) is 7.08. The number of Topliss-reactive ketones (excluding diaryl/α,β-unsaturated/α-hetero) is 1. The van der Waals surface area contributed by atoms with Crippen LogP contribution in [0.5, 0.6) is 0 Å². The van der Waals surface area contributed by atoms with Crippen LogP contribution in [0.1, 0.15) is 27.4 Å². The third kappa shape index (κ3) is 7.21. The van der Waals surface area contributed by atoms with Gasteiger partial charge in [0, 0.05) is 11.3 Å². The number of hydrogen-bond acceptors (Lipinski definition) is 5. The van der Waals surface area contributed by atoms with Gasteiger partial charge in [-0.15, -0.1) is 11.3 Å². The molecular formula is C13H14F3NO4S. The van der Waals surface area contributed by atoms with Crippen molar-refractivity contribution in [3.63, 3.8) is 0 Å². The number of nitrogens with one attached hydrogen (secondary N) is 1. The molecule has 0 aliphatic heterocycles. The zero-order chi connectivity index (χ0) is 16.8. The maximum atomic E-state index is 11.8. The molecule has 1 aromatic rings. The molecule has 0 bridgehead atoms. The van der Waals surface area contributed by atoms with Crippen molar-refractivity contribution in [1.29, 1.82) is 0 Å². The molecular weight excluding hydrogens is 323 g/mol. The Kier molecular flexibility index (Phi) is 6.54. The summed E-state index contributed by atoms with van der Waals surface area (Å²) < 4.78 is 40.0. The van der Waals surface area contributed by atoms with E-state index in [0.717, 1.165) is 4.88 Å². The number of esters is 1. The predicted molar refractivity (Wildman–Crippen MR) is 72.6 cm³/mol. The SMILES string of the molecule is Cc1ccc(C(=O)CCC(=O)OCC(=O)NCC(F)(F)F)s1. The summed E-state index contributed by atoms with van der Waals surface area (Å²) in [7, 11) is 0. The van der Waals surface area contributed by atoms with Crippen molar-refractivity contribution in [2.24, 2.45) is 0 Å². The number of halogens is 3. The topological polar surface area (TPSA) is 72.5 Å². The molecule has 0 fully saturated rings. The average molecular weight is 337 g/mol. The summed E-state index contributed by atoms with van der Waals surface area (Å²) in [6, 6.07) is 3.43. The quantitative estimate of drug-likeness (QED) is 0.612. The number of alkyl halides is 3. The summed E-state index contributed by atoms with van der Waals surface area (Å²) in [5.74, 6) is -2.09. The summed E-state index contributed by atoms with van der Waals surface area (Å²) in [6.45, 7) is -0.448. The summed E-state index contributed by atoms with van der Waals surface area (Å²) in [5.41, 5.74) is 0. The van der Waals surface area contributed by atoms with Crippen LogP contribution in [-0.2, 0) is 14.3 Å². The predicted octanol–water partition coefficient (Wildman–Crippen LogP) is 2.24. The van der Waals surface area contributed by atoms with Crippen LogP contribution < -0.4 is 5.32 Å². The zero-order valence-electron chi connectivity index (χ0n) is 11.7. The highest BCUT2D eigenvalue weighted by molar-refractivity contribution is 7.14. The minimum absolute atomic E-state index is 0.0804. The first-order valence-electron chi connectivity index (χ1n) is 6.26. The minimum atomic E-state index is -4.52. The second-order valence-electron chi connectivity index (χ2n) is 4.39. The fourth-order valence-electron chi connectivity index (χ4n) is 1.39. The Morgan fingerprint density at radius 1 is 1.23 bits per heavy atom. The molecule has 1 heterocycles. The van der Waals surface area contributed by atoms with E-state index < -0.39 is 31.2 Å². The Morgan fingerprint density at radius 2 is 1.91 bits per heavy atom. The largest absolute Gasteiger partial charge is 0.456 e. The lowest BCUT2D eigenvalue weighted by atomic mass is 10.2. The molecule has 122 valence electrons. The Labute approximate surface area is 128 Å². The van der Waals surface area contributed by atoms with E-state index in [-0.39, 0.29) is 18.6 Å². The second kappa shape index (κ2) is 7.92. The van der Waals surface area contributed by atoms with Gasteiger partial charge in [0.1, 0.15) is 6.54 Å². The summed E-state index contributed by atoms with van der Waals surface area (Å²) >= 11 is 1.30. The molecule has 9 heteroatoms. The van der Waals surface area contributed by atoms with Gasteiger partial charge < -0.3 is 10.1 Å². The van der Waals surface area contributed by atoms with E-state index in [1.54, 1.807) is 17.4 Å². The average Bonchev–Trinajstić information content (AvgIpc) is 2.86. The van der Waals surface area contributed by atoms with Crippen molar-refractivity contribution < 1.29 is 32.3 Å². The number of rotatable bonds is 7. The Balaban J connectivity index is 2.23. The van der Waals surface area contributed by atoms with E-state index in [2.05, 4.69) is 4.74 Å². The zero-order valence-corrected chi connectivity index (χ0v) is 12.5. The standard InChI is InChI=1S/C13H14F3NO4S/c1-8-2-4-10(22-8)9(18)3-5-12(20)21-6-11(19)17-7-13(14,15)16/h2,4H,3,5-7H2,1H3,(H,17,19). The summed E-state index contributed by atoms with van der Waals surface area (Å²) in [4.78, 5) is 35.5. The highest BCUT2D eigenvalue weighted by Crippen LogP contribution is 2.17. The molecule has 1 aromatic heterocycles. The van der Waals surface area contributed by atoms with Crippen LogP contribution in [0.15, 0.2) is 12.1 Å². The van der Waals surface area contributed by atoms with Crippen molar-refractivity contribution in [3.05, 3.63) is 21.9 Å². The van der Waals surface area contributed by atoms with Gasteiger partial charge in [-0.25, -0.2) is 0 Å². The van der Waals surface area contributed by atoms with E-state index in [1.807, 2.05) is 6.92 Å². The Hall–Kier alpha value is -1.90. The highest BCUT2D eigenvalue weighted by Gasteiger charge is 2.27. The summed E-state index contributed by atoms with van der Waals surface area (Å²) in [6.07, 6.45) is -4.84. The van der Waals surface area contributed by atoms with Crippen LogP contribution in [0.25, 0.3) is 0 Å². The number of hydrogen-bond donors (Lipinski definition) is 1. The van der Waals surface area contributed by atoms with Crippen LogP contribution in [0.3, 0.4) is 0 Å². The van der Waals surface area contributed by atoms with Gasteiger partial charge in [0.2, 0.25) is 0 Å². The first-order chi connectivity index (χ1) is 10.2. The van der Waals surface area contributed by atoms with Crippen molar-refractivity contribution in [2.75, 3.05) is 13.2 Å². The lowest BCUT2D eigenvalue weighted by Gasteiger charge is -2.08. The van der Waals surface area contributed by atoms with E-state index >= 15 is 0 Å². The van der Waals surface area contributed by atoms with Crippen molar-refractivity contribution >= 4 is 29.0 Å². The molecule has 0 aromatic carbocycles. The van der Waals surface area contributed by atoms with Crippen LogP contribution in [0.2, 0.25) is 0 Å². The Bertz CT molecular complexity index is 554. The van der Waals surface area contributed by atoms with Crippen LogP contribution in [-0.4, -0.2) is 37.0 Å². The van der Waals surface area contributed by atoms with Gasteiger partial charge in [-0.05, 0) is 19.1 Å². The highest BCUT2D eigenvalue weighted by atomic mass is 32.1. The van der Waals surface area contributed by atoms with Gasteiger partial charge in [-0.2, -0.15) is 13.2 Å². The molecule has 5 nitrogen and oxygen atoms in total. The third-order valence-electron chi connectivity index (χ3n) is 2.42. The minimum Gasteiger partial charge on any atom is -0.456 e. The van der Waals surface area contributed by atoms with E-state index in [0.29, 0.717) is 4.88 Å². The first kappa shape index (κ1) is 18.1. The molecule has 0 radical (unpaired) electrons. The third-order valence-corrected chi connectivity index (χ3v) is 3.46. The van der Waals surface area contributed by atoms with Gasteiger partial charge in [-0.1, -0.05) is 0 Å². The van der Waals surface area contributed by atoms with Crippen molar-refractivity contribution in [3.8, 4) is 0 Å². The monoisotopic (exact) mass is 337 g/mol. The maximum absolute atomic E-state index is 11.8. The lowest BCUT2D eigenvalue weighted by Crippen LogP contribution is -2.36. The van der Waals surface area contributed by atoms with Crippen molar-refractivity contribution in [2.45, 2.75) is 25.9 Å². The molecule has 22 heavy (non-hydrogen) atoms. The normalized spacial score (nSPS) is 11.1. The van der Waals surface area contributed by atoms with E-state index in [1.165, 1.54) is 11.3 Å². The van der Waals surface area contributed by atoms with Crippen LogP contribution >= 0.6 is 11.3 Å². The molecule has 1 amide bonds. The fraction of sp³-hybridized carbons (Fsp3) is 0.462. The number of ether oxygens (including phenoxy) is 1. The molecule has 0 unspecified atom stereocenters. The smallest absolute Gasteiger partial charge is 0.405 e. The van der Waals surface area contributed by atoms with Gasteiger partial charge in [0.05, 0.1) is 11.3 Å². The number of carbonyl (C=O) groups is 3. The molecule has 0 saturated heterocycles. The lowest BCUT2D eigenvalue weighted by molar-refractivity contribution is -0.151. The molecule has 1 N–H and O–H groups in total. The number of thiophene rings is 1. The van der Waals surface area contributed by atoms with Gasteiger partial charge in [-0.3, -0.25) is 14.4 Å². The van der Waals surface area contributed by atoms with Gasteiger partial charge in [0.15, 0.2) is 12.4 Å². The van der Waals surface area contributed by atoms with Crippen molar-refractivity contribution in [1.82, 2.24) is 5.32 Å². The molecule has 0 aliphatic rings. The number of aryl methyl sites for hydroxylation is 1. The summed E-state index contributed by atoms with van der Waals surface area (Å²) in [5, 5.41) is 1.57. The fourth-order valence-corrected chi connectivity index (χ4v) is 2.23. The van der Waals surface area contributed by atoms with E-state index in [9.17, 15) is 27.6 Å². The van der Waals surface area contributed by atoms with Gasteiger partial charge >= 0.3 is 12.1 Å². The molecule has 1 rings (SSSR count). The second-order valence-corrected chi connectivity index (χ2v) is 5.67. The van der Waals surface area contributed by atoms with Gasteiger partial charge in [0.25, 0.3) is 5.91 Å². The number of ketones is 1. The van der Waals surface area contributed by atoms with Crippen LogP contribution in [0, 0.1) is 6.92 Å². The molecule has 0 atom stereocenters. The maximum Gasteiger partial charge on any atom is 0.405 e. The molecule has 0 saturated carbocycles. The van der Waals surface area contributed by atoms with Crippen LogP contribution in [0.4, 0.5) is 13.2 Å².